The Kier molecular flexibility index (Phi) is 8.53. The third-order valence-corrected chi connectivity index (χ3v) is 7.47. The molecule has 9 nitrogen and oxygen atoms in total. The van der Waals surface area contributed by atoms with Crippen molar-refractivity contribution in [2.75, 3.05) is 18.2 Å². The smallest absolute Gasteiger partial charge is 0.236 e. The van der Waals surface area contributed by atoms with E-state index in [1.165, 1.54) is 42.4 Å². The Bertz CT molecular complexity index is 1090. The fraction of sp³-hybridized carbons (Fsp3) is 0.435. The molecule has 0 radical (unpaired) electrons. The van der Waals surface area contributed by atoms with Crippen LogP contribution in [0.25, 0.3) is 0 Å². The minimum Gasteiger partial charge on any atom is -0.497 e. The van der Waals surface area contributed by atoms with Crippen LogP contribution in [0.3, 0.4) is 0 Å². The van der Waals surface area contributed by atoms with Crippen LogP contribution in [0, 0.1) is 0 Å². The molecule has 1 amide bonds. The van der Waals surface area contributed by atoms with E-state index >= 15 is 0 Å². The average Bonchev–Trinajstić information content (AvgIpc) is 3.49. The Labute approximate surface area is 207 Å². The number of methoxy groups -OCH3 is 1. The molecule has 34 heavy (non-hydrogen) atoms. The highest BCUT2D eigenvalue weighted by atomic mass is 32.2. The van der Waals surface area contributed by atoms with Crippen LogP contribution in [0.15, 0.2) is 42.1 Å². The van der Waals surface area contributed by atoms with Gasteiger partial charge in [0.15, 0.2) is 11.0 Å². The minimum atomic E-state index is -0.152. The van der Waals surface area contributed by atoms with Gasteiger partial charge in [0.25, 0.3) is 0 Å². The second kappa shape index (κ2) is 12.0. The molecule has 2 heterocycles. The molecule has 180 valence electrons. The van der Waals surface area contributed by atoms with Crippen molar-refractivity contribution in [3.63, 3.8) is 0 Å². The van der Waals surface area contributed by atoms with Gasteiger partial charge in [-0.05, 0) is 37.1 Å². The number of ether oxygens (including phenoxy) is 2. The van der Waals surface area contributed by atoms with Crippen LogP contribution >= 0.6 is 23.1 Å². The van der Waals surface area contributed by atoms with Crippen molar-refractivity contribution in [1.29, 1.82) is 0 Å². The van der Waals surface area contributed by atoms with E-state index in [1.54, 1.807) is 13.2 Å². The first-order valence-electron chi connectivity index (χ1n) is 11.2. The van der Waals surface area contributed by atoms with Gasteiger partial charge in [0.1, 0.15) is 23.1 Å². The molecule has 11 heteroatoms. The molecular weight excluding hydrogens is 472 g/mol. The maximum absolute atomic E-state index is 12.5. The lowest BCUT2D eigenvalue weighted by Crippen LogP contribution is -2.15. The van der Waals surface area contributed by atoms with Crippen molar-refractivity contribution in [2.24, 2.45) is 0 Å². The predicted octanol–water partition coefficient (Wildman–Crippen LogP) is 4.68. The Morgan fingerprint density at radius 1 is 1.18 bits per heavy atom. The molecule has 0 atom stereocenters. The highest BCUT2D eigenvalue weighted by molar-refractivity contribution is 7.99. The lowest BCUT2D eigenvalue weighted by atomic mass is 9.90. The van der Waals surface area contributed by atoms with E-state index in [2.05, 4.69) is 32.3 Å². The summed E-state index contributed by atoms with van der Waals surface area (Å²) in [7, 11) is 1.62. The van der Waals surface area contributed by atoms with Crippen molar-refractivity contribution in [1.82, 2.24) is 25.0 Å². The van der Waals surface area contributed by atoms with E-state index in [1.807, 2.05) is 28.8 Å². The Balaban J connectivity index is 1.31. The number of amides is 1. The zero-order valence-corrected chi connectivity index (χ0v) is 20.7. The molecule has 3 aromatic rings. The van der Waals surface area contributed by atoms with Crippen LogP contribution in [0.5, 0.6) is 11.5 Å². The first-order valence-corrected chi connectivity index (χ1v) is 13.0. The van der Waals surface area contributed by atoms with Gasteiger partial charge in [0.05, 0.1) is 12.9 Å². The van der Waals surface area contributed by atoms with Gasteiger partial charge in [0.2, 0.25) is 11.0 Å². The molecule has 1 aliphatic carbocycles. The summed E-state index contributed by atoms with van der Waals surface area (Å²) < 4.78 is 12.9. The summed E-state index contributed by atoms with van der Waals surface area (Å²) in [6.45, 7) is 4.57. The van der Waals surface area contributed by atoms with Crippen LogP contribution in [0.2, 0.25) is 0 Å². The number of carbonyl (C=O) groups excluding carboxylic acids is 1. The van der Waals surface area contributed by atoms with Crippen molar-refractivity contribution >= 4 is 34.1 Å². The molecule has 2 aromatic heterocycles. The molecule has 0 bridgehead atoms. The maximum atomic E-state index is 12.5. The van der Waals surface area contributed by atoms with E-state index in [9.17, 15) is 4.79 Å². The van der Waals surface area contributed by atoms with Gasteiger partial charge in [-0.2, -0.15) is 0 Å². The summed E-state index contributed by atoms with van der Waals surface area (Å²) in [5, 5.41) is 22.0. The molecule has 1 aliphatic rings. The maximum Gasteiger partial charge on any atom is 0.236 e. The van der Waals surface area contributed by atoms with Gasteiger partial charge in [0, 0.05) is 12.5 Å². The lowest BCUT2D eigenvalue weighted by molar-refractivity contribution is -0.113. The highest BCUT2D eigenvalue weighted by Crippen LogP contribution is 2.35. The number of hydrogen-bond acceptors (Lipinski definition) is 9. The van der Waals surface area contributed by atoms with E-state index in [-0.39, 0.29) is 18.3 Å². The second-order valence-electron chi connectivity index (χ2n) is 7.88. The summed E-state index contributed by atoms with van der Waals surface area (Å²) in [5.74, 6) is 2.63. The fourth-order valence-electron chi connectivity index (χ4n) is 3.75. The van der Waals surface area contributed by atoms with Crippen molar-refractivity contribution in [2.45, 2.75) is 56.3 Å². The molecular formula is C23H28N6O3S2. The number of thioether (sulfide) groups is 1. The molecule has 4 rings (SSSR count). The van der Waals surface area contributed by atoms with Crippen LogP contribution in [-0.4, -0.2) is 43.7 Å². The minimum absolute atomic E-state index is 0.152. The quantitative estimate of drug-likeness (QED) is 0.299. The number of allylic oxidation sites excluding steroid dienone is 1. The number of rotatable bonds is 11. The van der Waals surface area contributed by atoms with Crippen molar-refractivity contribution in [3.05, 3.63) is 47.8 Å². The Morgan fingerprint density at radius 3 is 2.68 bits per heavy atom. The Morgan fingerprint density at radius 2 is 1.94 bits per heavy atom. The normalized spacial score (nSPS) is 14.0. The van der Waals surface area contributed by atoms with Gasteiger partial charge in [-0.1, -0.05) is 48.4 Å². The predicted molar refractivity (Wildman–Crippen MR) is 133 cm³/mol. The number of nitrogens with one attached hydrogen (secondary N) is 1. The number of benzene rings is 1. The van der Waals surface area contributed by atoms with Gasteiger partial charge in [-0.3, -0.25) is 14.7 Å². The zero-order chi connectivity index (χ0) is 23.8. The van der Waals surface area contributed by atoms with Gasteiger partial charge < -0.3 is 9.47 Å². The fourth-order valence-corrected chi connectivity index (χ4v) is 5.45. The largest absolute Gasteiger partial charge is 0.497 e. The second-order valence-corrected chi connectivity index (χ2v) is 9.83. The monoisotopic (exact) mass is 500 g/mol. The number of hydrogen-bond donors (Lipinski definition) is 1. The molecule has 0 aliphatic heterocycles. The van der Waals surface area contributed by atoms with Gasteiger partial charge in [-0.15, -0.1) is 27.0 Å². The van der Waals surface area contributed by atoms with E-state index in [4.69, 9.17) is 9.47 Å². The van der Waals surface area contributed by atoms with Crippen molar-refractivity contribution in [3.8, 4) is 11.5 Å². The van der Waals surface area contributed by atoms with E-state index < -0.39 is 0 Å². The van der Waals surface area contributed by atoms with Gasteiger partial charge in [-0.25, -0.2) is 0 Å². The van der Waals surface area contributed by atoms with E-state index in [0.29, 0.717) is 34.3 Å². The zero-order valence-electron chi connectivity index (χ0n) is 19.1. The Hall–Kier alpha value is -2.92. The molecule has 1 saturated carbocycles. The summed E-state index contributed by atoms with van der Waals surface area (Å²) in [4.78, 5) is 12.5. The molecule has 1 fully saturated rings. The molecule has 1 aromatic carbocycles. The molecule has 0 unspecified atom stereocenters. The SMILES string of the molecule is C=CCn1c(COc2ccc(OC)cc2)nnc1SCC(=O)Nc1nnc(C2CCCCC2)s1. The van der Waals surface area contributed by atoms with Gasteiger partial charge >= 0.3 is 0 Å². The van der Waals surface area contributed by atoms with Crippen LogP contribution in [0.1, 0.15) is 48.9 Å². The average molecular weight is 501 g/mol. The number of nitrogens with zero attached hydrogens (tertiary/aromatic N) is 5. The number of carbonyl (C=O) groups is 1. The number of anilines is 1. The van der Waals surface area contributed by atoms with Crippen molar-refractivity contribution < 1.29 is 14.3 Å². The van der Waals surface area contributed by atoms with Crippen LogP contribution in [-0.2, 0) is 17.9 Å². The lowest BCUT2D eigenvalue weighted by Gasteiger charge is -2.18. The molecule has 1 N–H and O–H groups in total. The first kappa shape index (κ1) is 24.2. The summed E-state index contributed by atoms with van der Waals surface area (Å²) >= 11 is 2.79. The van der Waals surface area contributed by atoms with E-state index in [0.717, 1.165) is 23.6 Å². The summed E-state index contributed by atoms with van der Waals surface area (Å²) in [6.07, 6.45) is 7.84. The topological polar surface area (TPSA) is 104 Å². The summed E-state index contributed by atoms with van der Waals surface area (Å²) in [5.41, 5.74) is 0. The van der Waals surface area contributed by atoms with Crippen LogP contribution in [0.4, 0.5) is 5.13 Å². The first-order chi connectivity index (χ1) is 16.7. The van der Waals surface area contributed by atoms with Crippen LogP contribution < -0.4 is 14.8 Å². The standard InChI is InChI=1S/C23H28N6O3S2/c1-3-13-29-19(14-32-18-11-9-17(31-2)10-12-18)25-28-23(29)33-15-20(30)24-22-27-26-21(34-22)16-7-5-4-6-8-16/h3,9-12,16H,1,4-8,13-15H2,2H3,(H,24,27,30). The number of aromatic nitrogens is 5. The third kappa shape index (κ3) is 6.35. The highest BCUT2D eigenvalue weighted by Gasteiger charge is 2.20. The summed E-state index contributed by atoms with van der Waals surface area (Å²) in [6, 6.07) is 7.33. The molecule has 0 saturated heterocycles. The third-order valence-electron chi connectivity index (χ3n) is 5.51. The molecule has 0 spiro atoms.